The van der Waals surface area contributed by atoms with Gasteiger partial charge in [-0.3, -0.25) is 4.90 Å². The van der Waals surface area contributed by atoms with Gasteiger partial charge in [0.1, 0.15) is 5.75 Å². The normalized spacial score (nSPS) is 24.4. The van der Waals surface area contributed by atoms with Crippen molar-refractivity contribution in [2.45, 2.75) is 33.6 Å². The zero-order chi connectivity index (χ0) is 24.1. The predicted molar refractivity (Wildman–Crippen MR) is 134 cm³/mol. The van der Waals surface area contributed by atoms with Crippen molar-refractivity contribution in [2.75, 3.05) is 53.0 Å². The van der Waals surface area contributed by atoms with Gasteiger partial charge in [0.25, 0.3) is 0 Å². The Kier molecular flexibility index (Phi) is 8.40. The number of aromatic nitrogens is 2. The van der Waals surface area contributed by atoms with Crippen LogP contribution in [0.3, 0.4) is 0 Å². The number of benzene rings is 1. The number of rotatable bonds is 9. The third-order valence-electron chi connectivity index (χ3n) is 7.66. The second-order valence-electron chi connectivity index (χ2n) is 10.2. The van der Waals surface area contributed by atoms with Crippen molar-refractivity contribution in [1.29, 1.82) is 0 Å². The summed E-state index contributed by atoms with van der Waals surface area (Å²) < 4.78 is 11.3. The highest BCUT2D eigenvalue weighted by atomic mass is 16.5. The first-order chi connectivity index (χ1) is 16.5. The Balaban J connectivity index is 1.39. The van der Waals surface area contributed by atoms with Crippen molar-refractivity contribution in [3.05, 3.63) is 41.8 Å². The van der Waals surface area contributed by atoms with Gasteiger partial charge in [-0.2, -0.15) is 0 Å². The summed E-state index contributed by atoms with van der Waals surface area (Å²) in [6.45, 7) is 13.5. The molecule has 3 atom stereocenters. The summed E-state index contributed by atoms with van der Waals surface area (Å²) in [6, 6.07) is 7.72. The minimum Gasteiger partial charge on any atom is -0.497 e. The number of aliphatic hydroxyl groups excluding tert-OH is 1. The van der Waals surface area contributed by atoms with E-state index in [9.17, 15) is 5.11 Å². The molecule has 1 aromatic carbocycles. The van der Waals surface area contributed by atoms with Crippen molar-refractivity contribution in [1.82, 2.24) is 20.0 Å². The molecular formula is C27H40N4O3. The fraction of sp³-hybridized carbons (Fsp3) is 0.630. The van der Waals surface area contributed by atoms with E-state index in [1.54, 1.807) is 7.11 Å². The molecule has 186 valence electrons. The number of nitrogens with zero attached hydrogens (tertiary/aromatic N) is 4. The largest absolute Gasteiger partial charge is 0.497 e. The van der Waals surface area contributed by atoms with Gasteiger partial charge in [-0.1, -0.05) is 25.5 Å². The summed E-state index contributed by atoms with van der Waals surface area (Å²) in [4.78, 5) is 4.97. The summed E-state index contributed by atoms with van der Waals surface area (Å²) in [5.41, 5.74) is 2.36. The van der Waals surface area contributed by atoms with E-state index in [0.717, 1.165) is 63.4 Å². The van der Waals surface area contributed by atoms with E-state index in [0.29, 0.717) is 35.5 Å². The van der Waals surface area contributed by atoms with E-state index < -0.39 is 0 Å². The quantitative estimate of drug-likeness (QED) is 0.562. The van der Waals surface area contributed by atoms with E-state index in [1.807, 2.05) is 24.3 Å². The Labute approximate surface area is 203 Å². The van der Waals surface area contributed by atoms with Crippen molar-refractivity contribution >= 4 is 0 Å². The highest BCUT2D eigenvalue weighted by Crippen LogP contribution is 2.39. The van der Waals surface area contributed by atoms with Crippen molar-refractivity contribution in [2.24, 2.45) is 23.7 Å². The van der Waals surface area contributed by atoms with Gasteiger partial charge in [0.05, 0.1) is 13.7 Å². The third-order valence-corrected chi connectivity index (χ3v) is 7.66. The Morgan fingerprint density at radius 2 is 1.79 bits per heavy atom. The average Bonchev–Trinajstić information content (AvgIpc) is 3.30. The second kappa shape index (κ2) is 11.5. The number of hydrogen-bond donors (Lipinski definition) is 1. The molecule has 7 heteroatoms. The number of piperazine rings is 1. The van der Waals surface area contributed by atoms with Crippen molar-refractivity contribution in [3.8, 4) is 17.2 Å². The monoisotopic (exact) mass is 468 g/mol. The molecule has 1 aliphatic carbocycles. The van der Waals surface area contributed by atoms with Crippen LogP contribution in [0.5, 0.6) is 5.75 Å². The lowest BCUT2D eigenvalue weighted by atomic mass is 9.69. The predicted octanol–water partition coefficient (Wildman–Crippen LogP) is 3.75. The van der Waals surface area contributed by atoms with Gasteiger partial charge in [0.2, 0.25) is 11.8 Å². The van der Waals surface area contributed by atoms with Crippen LogP contribution >= 0.6 is 0 Å². The van der Waals surface area contributed by atoms with Gasteiger partial charge in [0, 0.05) is 51.3 Å². The van der Waals surface area contributed by atoms with Crippen LogP contribution in [0.1, 0.15) is 33.1 Å². The van der Waals surface area contributed by atoms with E-state index in [4.69, 9.17) is 9.15 Å². The van der Waals surface area contributed by atoms with E-state index in [2.05, 4.69) is 46.8 Å². The van der Waals surface area contributed by atoms with Gasteiger partial charge in [0.15, 0.2) is 0 Å². The highest BCUT2D eigenvalue weighted by Gasteiger charge is 2.34. The van der Waals surface area contributed by atoms with Crippen molar-refractivity contribution < 1.29 is 14.3 Å². The molecule has 0 bridgehead atoms. The smallest absolute Gasteiger partial charge is 0.247 e. The Morgan fingerprint density at radius 1 is 1.09 bits per heavy atom. The molecule has 2 aromatic rings. The van der Waals surface area contributed by atoms with Gasteiger partial charge < -0.3 is 19.2 Å². The molecule has 1 aliphatic heterocycles. The molecule has 2 heterocycles. The molecule has 1 fully saturated rings. The van der Waals surface area contributed by atoms with Gasteiger partial charge in [-0.25, -0.2) is 0 Å². The highest BCUT2D eigenvalue weighted by molar-refractivity contribution is 5.53. The van der Waals surface area contributed by atoms with E-state index in [1.165, 1.54) is 5.57 Å². The summed E-state index contributed by atoms with van der Waals surface area (Å²) in [5.74, 6) is 4.39. The van der Waals surface area contributed by atoms with E-state index in [-0.39, 0.29) is 6.61 Å². The van der Waals surface area contributed by atoms with Crippen LogP contribution in [-0.2, 0) is 6.42 Å². The molecule has 0 spiro atoms. The zero-order valence-electron chi connectivity index (χ0n) is 21.1. The zero-order valence-corrected chi connectivity index (χ0v) is 21.1. The number of β-amino-alcohol motifs (C(OH)–C–C–N with tert-alkyl or cyclic N) is 1. The minimum absolute atomic E-state index is 0.253. The molecule has 0 unspecified atom stereocenters. The summed E-state index contributed by atoms with van der Waals surface area (Å²) >= 11 is 0. The molecule has 0 saturated carbocycles. The lowest BCUT2D eigenvalue weighted by molar-refractivity contribution is 0.0887. The number of hydrogen-bond acceptors (Lipinski definition) is 7. The van der Waals surface area contributed by atoms with Crippen LogP contribution in [0.25, 0.3) is 11.5 Å². The first-order valence-corrected chi connectivity index (χ1v) is 12.7. The molecule has 0 amide bonds. The summed E-state index contributed by atoms with van der Waals surface area (Å²) in [6.07, 6.45) is 4.48. The molecule has 7 nitrogen and oxygen atoms in total. The van der Waals surface area contributed by atoms with Crippen LogP contribution in [-0.4, -0.2) is 78.1 Å². The fourth-order valence-electron chi connectivity index (χ4n) is 5.52. The number of ether oxygens (including phenoxy) is 1. The van der Waals surface area contributed by atoms with Crippen molar-refractivity contribution in [3.63, 3.8) is 0 Å². The molecule has 34 heavy (non-hydrogen) atoms. The molecule has 1 saturated heterocycles. The van der Waals surface area contributed by atoms with Gasteiger partial charge in [-0.15, -0.1) is 10.2 Å². The molecule has 0 radical (unpaired) electrons. The standard InChI is InChI=1S/C27H40N4O3/c1-19(2)25-16-22(17-26-28-29-27(34-26)21-5-7-24(33-4)8-6-21)20(3)15-23(25)18-31-11-9-30(10-12-31)13-14-32/h5-8,15,19,22-23,25,32H,9-14,16-18H2,1-4H3/t22-,23-,25-/m0/s1. The average molecular weight is 469 g/mol. The summed E-state index contributed by atoms with van der Waals surface area (Å²) in [5, 5.41) is 17.9. The molecule has 2 aliphatic rings. The van der Waals surface area contributed by atoms with Crippen LogP contribution in [0, 0.1) is 23.7 Å². The lowest BCUT2D eigenvalue weighted by Gasteiger charge is -2.41. The molecule has 4 rings (SSSR count). The maximum absolute atomic E-state index is 9.20. The Hall–Kier alpha value is -2.22. The van der Waals surface area contributed by atoms with Crippen LogP contribution in [0.2, 0.25) is 0 Å². The Morgan fingerprint density at radius 3 is 2.44 bits per heavy atom. The number of allylic oxidation sites excluding steroid dienone is 1. The maximum atomic E-state index is 9.20. The SMILES string of the molecule is COc1ccc(-c2nnc(C[C@@H]3C[C@@H](C(C)C)[C@H](CN4CCN(CCO)CC4)C=C3C)o2)cc1. The second-order valence-corrected chi connectivity index (χ2v) is 10.2. The first-order valence-electron chi connectivity index (χ1n) is 12.7. The van der Waals surface area contributed by atoms with Gasteiger partial charge in [-0.05, 0) is 61.3 Å². The minimum atomic E-state index is 0.253. The van der Waals surface area contributed by atoms with Crippen LogP contribution < -0.4 is 4.74 Å². The number of aliphatic hydroxyl groups is 1. The Bertz CT molecular complexity index is 932. The lowest BCUT2D eigenvalue weighted by Crippen LogP contribution is -2.49. The number of methoxy groups -OCH3 is 1. The topological polar surface area (TPSA) is 74.9 Å². The molecular weight excluding hydrogens is 428 g/mol. The molecule has 1 N–H and O–H groups in total. The first kappa shape index (κ1) is 24.9. The fourth-order valence-corrected chi connectivity index (χ4v) is 5.52. The van der Waals surface area contributed by atoms with Gasteiger partial charge >= 0.3 is 0 Å². The third kappa shape index (κ3) is 6.06. The van der Waals surface area contributed by atoms with E-state index >= 15 is 0 Å². The maximum Gasteiger partial charge on any atom is 0.247 e. The van der Waals surface area contributed by atoms with Crippen LogP contribution in [0.15, 0.2) is 40.3 Å². The molecule has 1 aromatic heterocycles. The van der Waals surface area contributed by atoms with Crippen LogP contribution in [0.4, 0.5) is 0 Å². The summed E-state index contributed by atoms with van der Waals surface area (Å²) in [7, 11) is 1.66.